The summed E-state index contributed by atoms with van der Waals surface area (Å²) in [5, 5.41) is 21.3. The maximum absolute atomic E-state index is 11.2. The molecule has 2 heteroatoms. The molecule has 0 amide bonds. The van der Waals surface area contributed by atoms with Crippen LogP contribution in [0.4, 0.5) is 0 Å². The summed E-state index contributed by atoms with van der Waals surface area (Å²) in [6.45, 7) is 0. The van der Waals surface area contributed by atoms with Crippen molar-refractivity contribution in [3.63, 3.8) is 0 Å². The lowest BCUT2D eigenvalue weighted by Gasteiger charge is -2.36. The minimum atomic E-state index is -0.640. The fourth-order valence-corrected chi connectivity index (χ4v) is 6.56. The highest BCUT2D eigenvalue weighted by atomic mass is 16.3. The van der Waals surface area contributed by atoms with Gasteiger partial charge in [-0.25, -0.2) is 0 Å². The quantitative estimate of drug-likeness (QED) is 0.335. The second kappa shape index (κ2) is 7.94. The van der Waals surface area contributed by atoms with Gasteiger partial charge >= 0.3 is 0 Å². The molecule has 0 bridgehead atoms. The first-order chi connectivity index (χ1) is 17.7. The number of phenols is 1. The van der Waals surface area contributed by atoms with Crippen LogP contribution in [0.25, 0.3) is 16.7 Å². The molecule has 0 fully saturated rings. The van der Waals surface area contributed by atoms with Crippen molar-refractivity contribution in [2.45, 2.75) is 24.4 Å². The van der Waals surface area contributed by atoms with E-state index in [1.807, 2.05) is 18.2 Å². The molecular weight excluding hydrogens is 440 g/mol. The molecule has 1 atom stereocenters. The van der Waals surface area contributed by atoms with Crippen LogP contribution in [-0.2, 0) is 11.8 Å². The number of aromatic hydroxyl groups is 1. The molecule has 2 N–H and O–H groups in total. The van der Waals surface area contributed by atoms with E-state index in [2.05, 4.69) is 84.9 Å². The van der Waals surface area contributed by atoms with Crippen LogP contribution in [0, 0.1) is 0 Å². The Hall–Kier alpha value is -4.14. The summed E-state index contributed by atoms with van der Waals surface area (Å²) in [6.07, 6.45) is 7.56. The van der Waals surface area contributed by atoms with Gasteiger partial charge in [0.1, 0.15) is 5.75 Å². The average molecular weight is 467 g/mol. The van der Waals surface area contributed by atoms with E-state index in [9.17, 15) is 10.2 Å². The fourth-order valence-electron chi connectivity index (χ4n) is 6.56. The molecule has 0 spiro atoms. The fraction of sp³-hybridized carbons (Fsp3) is 0.118. The lowest BCUT2D eigenvalue weighted by molar-refractivity contribution is 0.262. The minimum absolute atomic E-state index is 0.252. The number of aliphatic hydroxyl groups is 1. The predicted octanol–water partition coefficient (Wildman–Crippen LogP) is 6.96. The summed E-state index contributed by atoms with van der Waals surface area (Å²) in [6, 6.07) is 33.4. The summed E-state index contributed by atoms with van der Waals surface area (Å²) in [7, 11) is 0. The molecule has 2 nitrogen and oxygen atoms in total. The molecule has 3 aliphatic carbocycles. The van der Waals surface area contributed by atoms with Crippen molar-refractivity contribution < 1.29 is 10.2 Å². The third-order valence-corrected chi connectivity index (χ3v) is 8.11. The van der Waals surface area contributed by atoms with Gasteiger partial charge in [-0.1, -0.05) is 103 Å². The SMILES string of the molecule is Oc1ccc(C2(C3=CC(=C4CCc5ccccc54)C(O)C=C3)c3ccccc3-c3ccccc32)cc1. The molecule has 36 heavy (non-hydrogen) atoms. The number of fused-ring (bicyclic) bond motifs is 4. The standard InChI is InChI=1S/C34H26O2/c35-25-17-14-23(15-18-25)34(31-11-5-3-9-28(31)29-10-4-6-12-32(29)34)24-16-20-33(36)30(21-24)27-19-13-22-7-1-2-8-26(22)27/h1-12,14-18,20-21,33,35-36H,13,19H2. The van der Waals surface area contributed by atoms with Crippen molar-refractivity contribution in [2.24, 2.45) is 0 Å². The Morgan fingerprint density at radius 2 is 1.28 bits per heavy atom. The van der Waals surface area contributed by atoms with Crippen LogP contribution in [0.2, 0.25) is 0 Å². The van der Waals surface area contributed by atoms with Gasteiger partial charge in [-0.15, -0.1) is 0 Å². The molecule has 7 rings (SSSR count). The molecule has 0 aromatic heterocycles. The van der Waals surface area contributed by atoms with Crippen LogP contribution < -0.4 is 0 Å². The first-order valence-corrected chi connectivity index (χ1v) is 12.6. The van der Waals surface area contributed by atoms with Crippen LogP contribution >= 0.6 is 0 Å². The first-order valence-electron chi connectivity index (χ1n) is 12.6. The van der Waals surface area contributed by atoms with E-state index in [1.54, 1.807) is 12.1 Å². The normalized spacial score (nSPS) is 21.0. The van der Waals surface area contributed by atoms with Crippen LogP contribution in [0.1, 0.15) is 34.2 Å². The van der Waals surface area contributed by atoms with Gasteiger partial charge in [0.05, 0.1) is 11.5 Å². The Balaban J connectivity index is 1.55. The Labute approximate surface area is 211 Å². The Bertz CT molecular complexity index is 1560. The largest absolute Gasteiger partial charge is 0.508 e. The zero-order chi connectivity index (χ0) is 24.3. The molecule has 174 valence electrons. The highest BCUT2D eigenvalue weighted by molar-refractivity contribution is 5.88. The Morgan fingerprint density at radius 3 is 1.97 bits per heavy atom. The number of hydrogen-bond acceptors (Lipinski definition) is 2. The summed E-state index contributed by atoms with van der Waals surface area (Å²) >= 11 is 0. The molecule has 0 saturated carbocycles. The number of phenolic OH excluding ortho intramolecular Hbond substituents is 1. The zero-order valence-electron chi connectivity index (χ0n) is 19.9. The molecule has 0 saturated heterocycles. The molecule has 4 aromatic rings. The van der Waals surface area contributed by atoms with Crippen LogP contribution in [0.3, 0.4) is 0 Å². The molecule has 0 aliphatic heterocycles. The Morgan fingerprint density at radius 1 is 0.667 bits per heavy atom. The van der Waals surface area contributed by atoms with E-state index in [-0.39, 0.29) is 5.75 Å². The van der Waals surface area contributed by atoms with Crippen molar-refractivity contribution in [1.29, 1.82) is 0 Å². The van der Waals surface area contributed by atoms with E-state index in [0.717, 1.165) is 29.6 Å². The minimum Gasteiger partial charge on any atom is -0.508 e. The molecule has 4 aromatic carbocycles. The summed E-state index contributed by atoms with van der Waals surface area (Å²) in [5.74, 6) is 0.252. The number of aliphatic hydroxyl groups excluding tert-OH is 1. The molecular formula is C34H26O2. The molecule has 1 unspecified atom stereocenters. The van der Waals surface area contributed by atoms with E-state index in [1.165, 1.54) is 39.0 Å². The molecule has 3 aliphatic rings. The van der Waals surface area contributed by atoms with Crippen molar-refractivity contribution in [1.82, 2.24) is 0 Å². The second-order valence-corrected chi connectivity index (χ2v) is 9.88. The topological polar surface area (TPSA) is 40.5 Å². The third kappa shape index (κ3) is 2.88. The van der Waals surface area contributed by atoms with Gasteiger partial charge in [-0.2, -0.15) is 0 Å². The second-order valence-electron chi connectivity index (χ2n) is 9.88. The molecule has 0 heterocycles. The summed E-state index contributed by atoms with van der Waals surface area (Å²) in [4.78, 5) is 0. The van der Waals surface area contributed by atoms with Gasteiger partial charge in [0, 0.05) is 0 Å². The third-order valence-electron chi connectivity index (χ3n) is 8.11. The monoisotopic (exact) mass is 466 g/mol. The average Bonchev–Trinajstić information content (AvgIpc) is 3.48. The number of benzene rings is 4. The smallest absolute Gasteiger partial charge is 0.115 e. The van der Waals surface area contributed by atoms with Gasteiger partial charge in [-0.3, -0.25) is 0 Å². The number of rotatable bonds is 2. The highest BCUT2D eigenvalue weighted by Gasteiger charge is 2.47. The lowest BCUT2D eigenvalue weighted by Crippen LogP contribution is -2.30. The maximum atomic E-state index is 11.2. The zero-order valence-corrected chi connectivity index (χ0v) is 19.9. The van der Waals surface area contributed by atoms with Crippen molar-refractivity contribution in [3.8, 4) is 16.9 Å². The number of hydrogen-bond donors (Lipinski definition) is 2. The van der Waals surface area contributed by atoms with E-state index < -0.39 is 11.5 Å². The molecule has 0 radical (unpaired) electrons. The van der Waals surface area contributed by atoms with Gasteiger partial charge in [0.25, 0.3) is 0 Å². The predicted molar refractivity (Wildman–Crippen MR) is 145 cm³/mol. The maximum Gasteiger partial charge on any atom is 0.115 e. The van der Waals surface area contributed by atoms with Crippen molar-refractivity contribution in [2.75, 3.05) is 0 Å². The summed E-state index contributed by atoms with van der Waals surface area (Å²) in [5.41, 5.74) is 11.4. The van der Waals surface area contributed by atoms with E-state index in [4.69, 9.17) is 0 Å². The van der Waals surface area contributed by atoms with Crippen LogP contribution in [0.15, 0.2) is 126 Å². The van der Waals surface area contributed by atoms with Gasteiger partial charge < -0.3 is 10.2 Å². The first kappa shape index (κ1) is 21.2. The number of aryl methyl sites for hydroxylation is 1. The van der Waals surface area contributed by atoms with Gasteiger partial charge in [0.15, 0.2) is 0 Å². The van der Waals surface area contributed by atoms with Crippen LogP contribution in [-0.4, -0.2) is 16.3 Å². The number of allylic oxidation sites excluding steroid dienone is 3. The van der Waals surface area contributed by atoms with Crippen molar-refractivity contribution >= 4 is 5.57 Å². The summed E-state index contributed by atoms with van der Waals surface area (Å²) < 4.78 is 0. The van der Waals surface area contributed by atoms with E-state index >= 15 is 0 Å². The van der Waals surface area contributed by atoms with Crippen LogP contribution in [0.5, 0.6) is 5.75 Å². The van der Waals surface area contributed by atoms with E-state index in [0.29, 0.717) is 0 Å². The van der Waals surface area contributed by atoms with Gasteiger partial charge in [-0.05, 0) is 80.6 Å². The Kier molecular flexibility index (Phi) is 4.67. The lowest BCUT2D eigenvalue weighted by atomic mass is 9.65. The highest BCUT2D eigenvalue weighted by Crippen LogP contribution is 2.57. The van der Waals surface area contributed by atoms with Gasteiger partial charge in [0.2, 0.25) is 0 Å². The van der Waals surface area contributed by atoms with Crippen molar-refractivity contribution in [3.05, 3.63) is 154 Å².